The Morgan fingerprint density at radius 1 is 1.52 bits per heavy atom. The van der Waals surface area contributed by atoms with Gasteiger partial charge in [-0.05, 0) is 44.5 Å². The number of amides is 1. The van der Waals surface area contributed by atoms with E-state index in [0.29, 0.717) is 22.9 Å². The SMILES string of the molecule is CN(CC(=O)Nc1ccc(Cl)cc1N)CC1CCCCO1. The Balaban J connectivity index is 1.80. The second-order valence-electron chi connectivity index (χ2n) is 5.47. The molecule has 0 aromatic heterocycles. The smallest absolute Gasteiger partial charge is 0.238 e. The zero-order valence-corrected chi connectivity index (χ0v) is 13.0. The number of hydrogen-bond acceptors (Lipinski definition) is 4. The molecule has 1 saturated heterocycles. The van der Waals surface area contributed by atoms with Crippen LogP contribution in [-0.2, 0) is 9.53 Å². The fourth-order valence-corrected chi connectivity index (χ4v) is 2.63. The predicted octanol–water partition coefficient (Wildman–Crippen LogP) is 2.36. The molecule has 6 heteroatoms. The van der Waals surface area contributed by atoms with E-state index in [1.165, 1.54) is 6.42 Å². The highest BCUT2D eigenvalue weighted by atomic mass is 35.5. The minimum atomic E-state index is -0.0951. The summed E-state index contributed by atoms with van der Waals surface area (Å²) < 4.78 is 5.67. The lowest BCUT2D eigenvalue weighted by atomic mass is 10.1. The number of benzene rings is 1. The summed E-state index contributed by atoms with van der Waals surface area (Å²) in [6, 6.07) is 5.03. The molecule has 1 aliphatic heterocycles. The number of ether oxygens (including phenoxy) is 1. The molecule has 1 aromatic carbocycles. The van der Waals surface area contributed by atoms with Gasteiger partial charge in [-0.1, -0.05) is 11.6 Å². The first-order valence-corrected chi connectivity index (χ1v) is 7.57. The summed E-state index contributed by atoms with van der Waals surface area (Å²) in [5.74, 6) is -0.0951. The molecule has 116 valence electrons. The lowest BCUT2D eigenvalue weighted by molar-refractivity contribution is -0.117. The van der Waals surface area contributed by atoms with Crippen LogP contribution in [-0.4, -0.2) is 43.7 Å². The first kappa shape index (κ1) is 16.1. The molecule has 0 spiro atoms. The lowest BCUT2D eigenvalue weighted by Crippen LogP contribution is -2.37. The summed E-state index contributed by atoms with van der Waals surface area (Å²) in [6.07, 6.45) is 3.63. The van der Waals surface area contributed by atoms with E-state index in [0.717, 1.165) is 26.0 Å². The van der Waals surface area contributed by atoms with Crippen molar-refractivity contribution in [3.05, 3.63) is 23.2 Å². The number of nitrogens with zero attached hydrogens (tertiary/aromatic N) is 1. The van der Waals surface area contributed by atoms with Gasteiger partial charge in [0.2, 0.25) is 5.91 Å². The Hall–Kier alpha value is -1.30. The number of nitrogen functional groups attached to an aromatic ring is 1. The molecule has 5 nitrogen and oxygen atoms in total. The zero-order chi connectivity index (χ0) is 15.2. The third kappa shape index (κ3) is 5.19. The first-order valence-electron chi connectivity index (χ1n) is 7.19. The van der Waals surface area contributed by atoms with Gasteiger partial charge in [0.15, 0.2) is 0 Å². The predicted molar refractivity (Wildman–Crippen MR) is 85.6 cm³/mol. The van der Waals surface area contributed by atoms with Crippen LogP contribution in [0.1, 0.15) is 19.3 Å². The number of likely N-dealkylation sites (N-methyl/N-ethyl adjacent to an activating group) is 1. The third-order valence-electron chi connectivity index (χ3n) is 3.49. The highest BCUT2D eigenvalue weighted by molar-refractivity contribution is 6.31. The van der Waals surface area contributed by atoms with E-state index in [1.807, 2.05) is 11.9 Å². The molecular weight excluding hydrogens is 290 g/mol. The van der Waals surface area contributed by atoms with Gasteiger partial charge in [-0.2, -0.15) is 0 Å². The van der Waals surface area contributed by atoms with Crippen molar-refractivity contribution in [3.8, 4) is 0 Å². The van der Waals surface area contributed by atoms with Gasteiger partial charge >= 0.3 is 0 Å². The molecular formula is C15H22ClN3O2. The highest BCUT2D eigenvalue weighted by Crippen LogP contribution is 2.22. The van der Waals surface area contributed by atoms with Gasteiger partial charge in [0.05, 0.1) is 24.0 Å². The summed E-state index contributed by atoms with van der Waals surface area (Å²) in [4.78, 5) is 14.0. The molecule has 1 unspecified atom stereocenters. The summed E-state index contributed by atoms with van der Waals surface area (Å²) >= 11 is 5.83. The number of nitrogens with two attached hydrogens (primary N) is 1. The van der Waals surface area contributed by atoms with Crippen LogP contribution in [0.5, 0.6) is 0 Å². The van der Waals surface area contributed by atoms with E-state index in [-0.39, 0.29) is 12.0 Å². The van der Waals surface area contributed by atoms with Gasteiger partial charge in [0.25, 0.3) is 0 Å². The maximum atomic E-state index is 12.0. The molecule has 0 bridgehead atoms. The molecule has 21 heavy (non-hydrogen) atoms. The average Bonchev–Trinajstić information content (AvgIpc) is 2.43. The molecule has 1 aromatic rings. The van der Waals surface area contributed by atoms with Crippen LogP contribution in [0.15, 0.2) is 18.2 Å². The molecule has 1 heterocycles. The highest BCUT2D eigenvalue weighted by Gasteiger charge is 2.17. The molecule has 1 aliphatic rings. The summed E-state index contributed by atoms with van der Waals surface area (Å²) in [5.41, 5.74) is 6.87. The van der Waals surface area contributed by atoms with Crippen LogP contribution >= 0.6 is 11.6 Å². The van der Waals surface area contributed by atoms with Crippen LogP contribution in [0.3, 0.4) is 0 Å². The van der Waals surface area contributed by atoms with E-state index in [9.17, 15) is 4.79 Å². The number of rotatable bonds is 5. The molecule has 0 aliphatic carbocycles. The van der Waals surface area contributed by atoms with Crippen molar-refractivity contribution in [2.24, 2.45) is 0 Å². The average molecular weight is 312 g/mol. The van der Waals surface area contributed by atoms with Crippen LogP contribution in [0, 0.1) is 0 Å². The van der Waals surface area contributed by atoms with Crippen LogP contribution in [0.4, 0.5) is 11.4 Å². The second-order valence-corrected chi connectivity index (χ2v) is 5.90. The monoisotopic (exact) mass is 311 g/mol. The number of carbonyl (C=O) groups excluding carboxylic acids is 1. The summed E-state index contributed by atoms with van der Waals surface area (Å²) in [7, 11) is 1.92. The van der Waals surface area contributed by atoms with E-state index in [1.54, 1.807) is 18.2 Å². The van der Waals surface area contributed by atoms with Gasteiger partial charge in [-0.3, -0.25) is 9.69 Å². The Morgan fingerprint density at radius 2 is 2.33 bits per heavy atom. The van der Waals surface area contributed by atoms with Gasteiger partial charge in [-0.25, -0.2) is 0 Å². The van der Waals surface area contributed by atoms with Crippen molar-refractivity contribution in [2.75, 3.05) is 37.8 Å². The van der Waals surface area contributed by atoms with Crippen molar-refractivity contribution in [3.63, 3.8) is 0 Å². The van der Waals surface area contributed by atoms with Crippen LogP contribution in [0.2, 0.25) is 5.02 Å². The Bertz CT molecular complexity index is 490. The fraction of sp³-hybridized carbons (Fsp3) is 0.533. The van der Waals surface area contributed by atoms with Crippen molar-refractivity contribution in [1.82, 2.24) is 4.90 Å². The Labute approximate surface area is 130 Å². The van der Waals surface area contributed by atoms with Gasteiger partial charge in [-0.15, -0.1) is 0 Å². The number of anilines is 2. The fourth-order valence-electron chi connectivity index (χ4n) is 2.45. The third-order valence-corrected chi connectivity index (χ3v) is 3.73. The summed E-state index contributed by atoms with van der Waals surface area (Å²) in [5, 5.41) is 3.35. The van der Waals surface area contributed by atoms with Crippen molar-refractivity contribution < 1.29 is 9.53 Å². The van der Waals surface area contributed by atoms with Crippen molar-refractivity contribution in [1.29, 1.82) is 0 Å². The van der Waals surface area contributed by atoms with Crippen molar-refractivity contribution >= 4 is 28.9 Å². The quantitative estimate of drug-likeness (QED) is 0.819. The van der Waals surface area contributed by atoms with Crippen LogP contribution < -0.4 is 11.1 Å². The first-order chi connectivity index (χ1) is 10.0. The maximum absolute atomic E-state index is 12.0. The number of carbonyl (C=O) groups is 1. The van der Waals surface area contributed by atoms with Gasteiger partial charge < -0.3 is 15.8 Å². The zero-order valence-electron chi connectivity index (χ0n) is 12.3. The van der Waals surface area contributed by atoms with E-state index in [2.05, 4.69) is 5.32 Å². The molecule has 0 radical (unpaired) electrons. The molecule has 1 amide bonds. The second kappa shape index (κ2) is 7.64. The number of hydrogen-bond donors (Lipinski definition) is 2. The topological polar surface area (TPSA) is 67.6 Å². The largest absolute Gasteiger partial charge is 0.397 e. The Kier molecular flexibility index (Phi) is 5.85. The number of nitrogens with one attached hydrogen (secondary N) is 1. The van der Waals surface area contributed by atoms with Gasteiger partial charge in [0, 0.05) is 18.2 Å². The van der Waals surface area contributed by atoms with E-state index < -0.39 is 0 Å². The molecule has 3 N–H and O–H groups in total. The normalized spacial score (nSPS) is 18.7. The molecule has 1 atom stereocenters. The molecule has 0 saturated carbocycles. The van der Waals surface area contributed by atoms with E-state index >= 15 is 0 Å². The molecule has 1 fully saturated rings. The summed E-state index contributed by atoms with van der Waals surface area (Å²) in [6.45, 7) is 1.90. The van der Waals surface area contributed by atoms with Crippen LogP contribution in [0.25, 0.3) is 0 Å². The standard InChI is InChI=1S/C15H22ClN3O2/c1-19(9-12-4-2-3-7-21-12)10-15(20)18-14-6-5-11(16)8-13(14)17/h5-6,8,12H,2-4,7,9-10,17H2,1H3,(H,18,20). The minimum absolute atomic E-state index is 0.0951. The minimum Gasteiger partial charge on any atom is -0.397 e. The number of halogens is 1. The van der Waals surface area contributed by atoms with E-state index in [4.69, 9.17) is 22.1 Å². The van der Waals surface area contributed by atoms with Crippen molar-refractivity contribution in [2.45, 2.75) is 25.4 Å². The molecule has 2 rings (SSSR count). The Morgan fingerprint density at radius 3 is 3.00 bits per heavy atom. The maximum Gasteiger partial charge on any atom is 0.238 e. The van der Waals surface area contributed by atoms with Gasteiger partial charge in [0.1, 0.15) is 0 Å². The lowest BCUT2D eigenvalue weighted by Gasteiger charge is -2.27.